The second kappa shape index (κ2) is 5.31. The summed E-state index contributed by atoms with van der Waals surface area (Å²) in [6.07, 6.45) is 17.6. The van der Waals surface area contributed by atoms with Crippen LogP contribution in [0.2, 0.25) is 0 Å². The van der Waals surface area contributed by atoms with Crippen molar-refractivity contribution >= 4 is 6.08 Å². The van der Waals surface area contributed by atoms with Gasteiger partial charge in [0.25, 0.3) is 0 Å². The zero-order chi connectivity index (χ0) is 15.9. The van der Waals surface area contributed by atoms with E-state index in [1.54, 1.807) is 0 Å². The van der Waals surface area contributed by atoms with Gasteiger partial charge < -0.3 is 0 Å². The molecule has 24 heavy (non-hydrogen) atoms. The van der Waals surface area contributed by atoms with Gasteiger partial charge >= 0.3 is 0 Å². The summed E-state index contributed by atoms with van der Waals surface area (Å²) in [5.74, 6) is 0.569. The van der Waals surface area contributed by atoms with Crippen LogP contribution in [-0.4, -0.2) is 4.98 Å². The molecule has 1 aromatic carbocycles. The smallest absolute Gasteiger partial charge is 0.0527 e. The molecule has 0 fully saturated rings. The lowest BCUT2D eigenvalue weighted by Crippen LogP contribution is -2.19. The summed E-state index contributed by atoms with van der Waals surface area (Å²) in [4.78, 5) is 4.70. The van der Waals surface area contributed by atoms with Gasteiger partial charge in [0.15, 0.2) is 0 Å². The summed E-state index contributed by atoms with van der Waals surface area (Å²) in [7, 11) is 0. The molecule has 0 aliphatic heterocycles. The van der Waals surface area contributed by atoms with Crippen molar-refractivity contribution in [1.82, 2.24) is 4.98 Å². The molecule has 1 heteroatoms. The SMILES string of the molecule is C1=CC2=C3C(=Cc4ccccc4C3c3ccccn3)C=CC2C=C1. The van der Waals surface area contributed by atoms with Gasteiger partial charge in [-0.2, -0.15) is 0 Å². The molecular weight excluding hydrogens is 290 g/mol. The first-order valence-electron chi connectivity index (χ1n) is 8.41. The highest BCUT2D eigenvalue weighted by Crippen LogP contribution is 2.47. The Hall–Kier alpha value is -2.93. The number of hydrogen-bond donors (Lipinski definition) is 0. The number of pyridine rings is 1. The predicted molar refractivity (Wildman–Crippen MR) is 98.4 cm³/mol. The van der Waals surface area contributed by atoms with Crippen molar-refractivity contribution in [2.75, 3.05) is 0 Å². The van der Waals surface area contributed by atoms with Gasteiger partial charge in [-0.3, -0.25) is 4.98 Å². The molecule has 3 aliphatic rings. The minimum atomic E-state index is 0.195. The van der Waals surface area contributed by atoms with E-state index in [2.05, 4.69) is 78.9 Å². The molecule has 1 nitrogen and oxygen atoms in total. The van der Waals surface area contributed by atoms with Crippen LogP contribution in [0.3, 0.4) is 0 Å². The van der Waals surface area contributed by atoms with Crippen molar-refractivity contribution in [3.63, 3.8) is 0 Å². The van der Waals surface area contributed by atoms with E-state index in [9.17, 15) is 0 Å². The molecule has 1 aromatic heterocycles. The lowest BCUT2D eigenvalue weighted by atomic mass is 9.70. The normalized spacial score (nSPS) is 23.4. The molecule has 114 valence electrons. The number of aromatic nitrogens is 1. The Morgan fingerprint density at radius 3 is 2.67 bits per heavy atom. The molecular formula is C23H17N. The first kappa shape index (κ1) is 13.5. The molecule has 2 aromatic rings. The molecule has 2 unspecified atom stereocenters. The van der Waals surface area contributed by atoms with Gasteiger partial charge in [0, 0.05) is 12.1 Å². The molecule has 0 amide bonds. The Morgan fingerprint density at radius 1 is 0.833 bits per heavy atom. The van der Waals surface area contributed by atoms with E-state index in [-0.39, 0.29) is 5.92 Å². The minimum Gasteiger partial charge on any atom is -0.260 e. The molecule has 0 N–H and O–H groups in total. The standard InChI is InChI=1S/C23H17N/c1-3-9-19-16(7-1)12-13-18-15-17-8-2-4-10-20(17)23(22(18)19)21-11-5-6-14-24-21/h1-16,23H. The Labute approximate surface area is 142 Å². The molecule has 0 bridgehead atoms. The molecule has 0 radical (unpaired) electrons. The van der Waals surface area contributed by atoms with Gasteiger partial charge in [0.05, 0.1) is 11.6 Å². The molecule has 3 aliphatic carbocycles. The summed E-state index contributed by atoms with van der Waals surface area (Å²) in [6.45, 7) is 0. The van der Waals surface area contributed by atoms with Crippen LogP contribution in [-0.2, 0) is 0 Å². The van der Waals surface area contributed by atoms with E-state index in [0.29, 0.717) is 5.92 Å². The minimum absolute atomic E-state index is 0.195. The molecule has 2 atom stereocenters. The summed E-state index contributed by atoms with van der Waals surface area (Å²) in [6, 6.07) is 14.9. The largest absolute Gasteiger partial charge is 0.260 e. The van der Waals surface area contributed by atoms with E-state index in [1.165, 1.54) is 27.8 Å². The molecule has 0 saturated carbocycles. The van der Waals surface area contributed by atoms with E-state index >= 15 is 0 Å². The van der Waals surface area contributed by atoms with Crippen molar-refractivity contribution in [3.8, 4) is 0 Å². The number of allylic oxidation sites excluding steroid dienone is 9. The molecule has 0 saturated heterocycles. The fourth-order valence-electron chi connectivity index (χ4n) is 4.00. The third-order valence-corrected chi connectivity index (χ3v) is 5.06. The van der Waals surface area contributed by atoms with Gasteiger partial charge in [-0.1, -0.05) is 66.8 Å². The monoisotopic (exact) mass is 307 g/mol. The van der Waals surface area contributed by atoms with Crippen LogP contribution in [0.1, 0.15) is 22.7 Å². The quantitative estimate of drug-likeness (QED) is 0.704. The second-order valence-corrected chi connectivity index (χ2v) is 6.41. The third kappa shape index (κ3) is 1.98. The van der Waals surface area contributed by atoms with Crippen LogP contribution in [0.25, 0.3) is 6.08 Å². The van der Waals surface area contributed by atoms with Crippen LogP contribution in [0.4, 0.5) is 0 Å². The maximum absolute atomic E-state index is 4.70. The van der Waals surface area contributed by atoms with Crippen LogP contribution in [0, 0.1) is 5.92 Å². The van der Waals surface area contributed by atoms with Crippen molar-refractivity contribution < 1.29 is 0 Å². The first-order valence-corrected chi connectivity index (χ1v) is 8.41. The Kier molecular flexibility index (Phi) is 2.99. The fraction of sp³-hybridized carbons (Fsp3) is 0.0870. The van der Waals surface area contributed by atoms with Gasteiger partial charge in [0.2, 0.25) is 0 Å². The summed E-state index contributed by atoms with van der Waals surface area (Å²) < 4.78 is 0. The zero-order valence-corrected chi connectivity index (χ0v) is 13.3. The highest BCUT2D eigenvalue weighted by molar-refractivity contribution is 5.76. The van der Waals surface area contributed by atoms with E-state index in [4.69, 9.17) is 4.98 Å². The summed E-state index contributed by atoms with van der Waals surface area (Å²) in [5, 5.41) is 0. The molecule has 0 spiro atoms. The van der Waals surface area contributed by atoms with Crippen molar-refractivity contribution in [3.05, 3.63) is 119 Å². The number of fused-ring (bicyclic) bond motifs is 3. The second-order valence-electron chi connectivity index (χ2n) is 6.41. The average molecular weight is 307 g/mol. The van der Waals surface area contributed by atoms with Gasteiger partial charge in [-0.05, 0) is 46.1 Å². The van der Waals surface area contributed by atoms with Gasteiger partial charge in [-0.15, -0.1) is 0 Å². The summed E-state index contributed by atoms with van der Waals surface area (Å²) >= 11 is 0. The highest BCUT2D eigenvalue weighted by atomic mass is 14.7. The lowest BCUT2D eigenvalue weighted by molar-refractivity contribution is 0.841. The predicted octanol–water partition coefficient (Wildman–Crippen LogP) is 5.22. The van der Waals surface area contributed by atoms with E-state index in [1.807, 2.05) is 12.3 Å². The van der Waals surface area contributed by atoms with E-state index < -0.39 is 0 Å². The Balaban J connectivity index is 1.82. The number of rotatable bonds is 1. The van der Waals surface area contributed by atoms with Crippen molar-refractivity contribution in [2.45, 2.75) is 5.92 Å². The van der Waals surface area contributed by atoms with Crippen LogP contribution < -0.4 is 0 Å². The Bertz CT molecular complexity index is 955. The maximum atomic E-state index is 4.70. The van der Waals surface area contributed by atoms with Gasteiger partial charge in [-0.25, -0.2) is 0 Å². The molecule has 5 rings (SSSR count). The third-order valence-electron chi connectivity index (χ3n) is 5.06. The number of hydrogen-bond acceptors (Lipinski definition) is 1. The van der Waals surface area contributed by atoms with Crippen LogP contribution >= 0.6 is 0 Å². The van der Waals surface area contributed by atoms with Crippen molar-refractivity contribution in [1.29, 1.82) is 0 Å². The number of benzene rings is 1. The topological polar surface area (TPSA) is 12.9 Å². The average Bonchev–Trinajstić information content (AvgIpc) is 2.66. The van der Waals surface area contributed by atoms with Gasteiger partial charge in [0.1, 0.15) is 0 Å². The molecule has 1 heterocycles. The first-order chi connectivity index (χ1) is 11.9. The summed E-state index contributed by atoms with van der Waals surface area (Å²) in [5.41, 5.74) is 7.88. The van der Waals surface area contributed by atoms with E-state index in [0.717, 1.165) is 5.69 Å². The van der Waals surface area contributed by atoms with Crippen LogP contribution in [0.15, 0.2) is 102 Å². The number of nitrogens with zero attached hydrogens (tertiary/aromatic N) is 1. The maximum Gasteiger partial charge on any atom is 0.0527 e. The van der Waals surface area contributed by atoms with Crippen LogP contribution in [0.5, 0.6) is 0 Å². The van der Waals surface area contributed by atoms with Crippen molar-refractivity contribution in [2.24, 2.45) is 5.92 Å². The zero-order valence-electron chi connectivity index (χ0n) is 13.3. The fourth-order valence-corrected chi connectivity index (χ4v) is 4.00. The highest BCUT2D eigenvalue weighted by Gasteiger charge is 2.32. The lowest BCUT2D eigenvalue weighted by Gasteiger charge is -2.34. The Morgan fingerprint density at radius 2 is 1.75 bits per heavy atom.